The minimum Gasteiger partial charge on any atom is -0.259 e. The van der Waals surface area contributed by atoms with Crippen molar-refractivity contribution in [3.63, 3.8) is 0 Å². The third-order valence-corrected chi connectivity index (χ3v) is 1.74. The molecule has 1 heterocycles. The Kier molecular flexibility index (Phi) is 3.85. The first-order valence-electron chi connectivity index (χ1n) is 4.78. The topological polar surface area (TPSA) is 41.6 Å². The van der Waals surface area contributed by atoms with E-state index >= 15 is 0 Å². The van der Waals surface area contributed by atoms with Gasteiger partial charge in [0.25, 0.3) is 0 Å². The van der Waals surface area contributed by atoms with Crippen LogP contribution in [-0.2, 0) is 0 Å². The highest BCUT2D eigenvalue weighted by Gasteiger charge is 1.97. The molecule has 3 heteroatoms. The highest BCUT2D eigenvalue weighted by atomic mass is 15.2. The van der Waals surface area contributed by atoms with Crippen molar-refractivity contribution < 1.29 is 0 Å². The fourth-order valence-corrected chi connectivity index (χ4v) is 1.06. The molecule has 0 bridgehead atoms. The van der Waals surface area contributed by atoms with Gasteiger partial charge >= 0.3 is 0 Å². The van der Waals surface area contributed by atoms with Crippen molar-refractivity contribution in [1.82, 2.24) is 15.2 Å². The van der Waals surface area contributed by atoms with Gasteiger partial charge < -0.3 is 0 Å². The number of rotatable bonds is 1. The van der Waals surface area contributed by atoms with Crippen LogP contribution in [0.4, 0.5) is 0 Å². The first-order chi connectivity index (χ1) is 6.86. The van der Waals surface area contributed by atoms with E-state index in [1.54, 1.807) is 0 Å². The van der Waals surface area contributed by atoms with E-state index in [4.69, 9.17) is 0 Å². The van der Waals surface area contributed by atoms with Crippen LogP contribution in [0.2, 0.25) is 0 Å². The van der Waals surface area contributed by atoms with E-state index in [9.17, 15) is 0 Å². The van der Waals surface area contributed by atoms with Crippen molar-refractivity contribution >= 4 is 0 Å². The highest BCUT2D eigenvalue weighted by molar-refractivity contribution is 5.54. The summed E-state index contributed by atoms with van der Waals surface area (Å²) in [5.41, 5.74) is 2.32. The average molecular weight is 189 g/mol. The lowest BCUT2D eigenvalue weighted by Gasteiger charge is -1.95. The lowest BCUT2D eigenvalue weighted by atomic mass is 10.1. The summed E-state index contributed by atoms with van der Waals surface area (Å²) in [6.07, 6.45) is 1.51. The van der Waals surface area contributed by atoms with Gasteiger partial charge in [-0.05, 0) is 6.92 Å². The number of aryl methyl sites for hydroxylation is 1. The molecule has 1 N–H and O–H groups in total. The molecule has 0 amide bonds. The Morgan fingerprint density at radius 3 is 2.21 bits per heavy atom. The number of aromatic nitrogens is 3. The number of aromatic amines is 1. The molecule has 14 heavy (non-hydrogen) atoms. The molecule has 0 radical (unpaired) electrons. The molecule has 74 valence electrons. The Balaban J connectivity index is 0.000000461. The van der Waals surface area contributed by atoms with Crippen LogP contribution in [0, 0.1) is 6.92 Å². The third-order valence-electron chi connectivity index (χ3n) is 1.74. The van der Waals surface area contributed by atoms with Crippen LogP contribution in [0.15, 0.2) is 30.6 Å². The van der Waals surface area contributed by atoms with E-state index in [-0.39, 0.29) is 0 Å². The van der Waals surface area contributed by atoms with E-state index in [2.05, 4.69) is 34.2 Å². The van der Waals surface area contributed by atoms with Crippen LogP contribution < -0.4 is 0 Å². The molecular weight excluding hydrogens is 174 g/mol. The van der Waals surface area contributed by atoms with Crippen molar-refractivity contribution in [1.29, 1.82) is 0 Å². The molecule has 0 saturated carbocycles. The number of hydrogen-bond donors (Lipinski definition) is 1. The van der Waals surface area contributed by atoms with Gasteiger partial charge in [0.2, 0.25) is 0 Å². The predicted molar refractivity (Wildman–Crippen MR) is 57.9 cm³/mol. The summed E-state index contributed by atoms with van der Waals surface area (Å²) in [4.78, 5) is 4.05. The molecule has 0 saturated heterocycles. The largest absolute Gasteiger partial charge is 0.259 e. The van der Waals surface area contributed by atoms with Crippen LogP contribution in [-0.4, -0.2) is 15.2 Å². The molecule has 1 aromatic carbocycles. The van der Waals surface area contributed by atoms with Crippen LogP contribution in [0.25, 0.3) is 11.4 Å². The van der Waals surface area contributed by atoms with Crippen LogP contribution in [0.3, 0.4) is 0 Å². The first-order valence-corrected chi connectivity index (χ1v) is 4.78. The van der Waals surface area contributed by atoms with Crippen LogP contribution in [0.5, 0.6) is 0 Å². The molecule has 1 aromatic heterocycles. The Hall–Kier alpha value is -1.64. The third kappa shape index (κ3) is 2.42. The minimum atomic E-state index is 0.815. The molecule has 3 nitrogen and oxygen atoms in total. The molecular formula is C11H15N3. The average Bonchev–Trinajstić information content (AvgIpc) is 2.75. The summed E-state index contributed by atoms with van der Waals surface area (Å²) in [6.45, 7) is 6.06. The number of H-pyrrole nitrogens is 1. The Bertz CT molecular complexity index is 349. The van der Waals surface area contributed by atoms with Gasteiger partial charge in [0.1, 0.15) is 6.33 Å². The molecule has 0 aliphatic carbocycles. The summed E-state index contributed by atoms with van der Waals surface area (Å²) in [6, 6.07) is 8.15. The minimum absolute atomic E-state index is 0.815. The van der Waals surface area contributed by atoms with E-state index in [0.717, 1.165) is 11.4 Å². The second-order valence-corrected chi connectivity index (χ2v) is 2.70. The molecule has 0 aliphatic rings. The summed E-state index contributed by atoms with van der Waals surface area (Å²) < 4.78 is 0. The zero-order valence-electron chi connectivity index (χ0n) is 8.78. The van der Waals surface area contributed by atoms with Crippen LogP contribution >= 0.6 is 0 Å². The Labute approximate surface area is 84.2 Å². The quantitative estimate of drug-likeness (QED) is 0.749. The van der Waals surface area contributed by atoms with Crippen molar-refractivity contribution in [2.75, 3.05) is 0 Å². The normalized spacial score (nSPS) is 9.07. The molecule has 2 rings (SSSR count). The number of nitrogens with one attached hydrogen (secondary N) is 1. The van der Waals surface area contributed by atoms with E-state index in [1.807, 2.05) is 26.0 Å². The summed E-state index contributed by atoms with van der Waals surface area (Å²) in [5, 5.41) is 6.60. The molecule has 2 aromatic rings. The second-order valence-electron chi connectivity index (χ2n) is 2.70. The Morgan fingerprint density at radius 2 is 1.71 bits per heavy atom. The lowest BCUT2D eigenvalue weighted by Crippen LogP contribution is -1.80. The van der Waals surface area contributed by atoms with E-state index in [1.165, 1.54) is 11.9 Å². The van der Waals surface area contributed by atoms with Gasteiger partial charge in [-0.2, -0.15) is 5.10 Å². The summed E-state index contributed by atoms with van der Waals surface area (Å²) >= 11 is 0. The molecule has 0 spiro atoms. The van der Waals surface area contributed by atoms with Gasteiger partial charge in [-0.15, -0.1) is 0 Å². The number of benzene rings is 1. The maximum Gasteiger partial charge on any atom is 0.155 e. The summed E-state index contributed by atoms with van der Waals surface area (Å²) in [5.74, 6) is 0.815. The van der Waals surface area contributed by atoms with Gasteiger partial charge in [-0.3, -0.25) is 5.10 Å². The smallest absolute Gasteiger partial charge is 0.155 e. The van der Waals surface area contributed by atoms with Crippen molar-refractivity contribution in [2.24, 2.45) is 0 Å². The zero-order chi connectivity index (χ0) is 10.4. The van der Waals surface area contributed by atoms with Gasteiger partial charge in [-0.25, -0.2) is 4.98 Å². The maximum atomic E-state index is 4.05. The van der Waals surface area contributed by atoms with E-state index < -0.39 is 0 Å². The SMILES string of the molecule is CC.Cc1ccc(-c2ncn[nH]2)cc1. The number of nitrogens with zero attached hydrogens (tertiary/aromatic N) is 2. The standard InChI is InChI=1S/C9H9N3.C2H6/c1-7-2-4-8(5-3-7)9-10-6-11-12-9;1-2/h2-6H,1H3,(H,10,11,12);1-2H3. The van der Waals surface area contributed by atoms with Crippen LogP contribution in [0.1, 0.15) is 19.4 Å². The Morgan fingerprint density at radius 1 is 1.07 bits per heavy atom. The molecule has 0 aliphatic heterocycles. The maximum absolute atomic E-state index is 4.05. The van der Waals surface area contributed by atoms with Crippen molar-refractivity contribution in [3.05, 3.63) is 36.2 Å². The lowest BCUT2D eigenvalue weighted by molar-refractivity contribution is 1.09. The fourth-order valence-electron chi connectivity index (χ4n) is 1.06. The van der Waals surface area contributed by atoms with Crippen molar-refractivity contribution in [3.8, 4) is 11.4 Å². The zero-order valence-corrected chi connectivity index (χ0v) is 8.78. The predicted octanol–water partition coefficient (Wildman–Crippen LogP) is 2.81. The molecule has 0 fully saturated rings. The molecule has 0 unspecified atom stereocenters. The monoisotopic (exact) mass is 189 g/mol. The van der Waals surface area contributed by atoms with Gasteiger partial charge in [0.05, 0.1) is 0 Å². The second kappa shape index (κ2) is 5.17. The first kappa shape index (κ1) is 10.4. The number of hydrogen-bond acceptors (Lipinski definition) is 2. The molecule has 0 atom stereocenters. The van der Waals surface area contributed by atoms with Gasteiger partial charge in [0, 0.05) is 5.56 Å². The fraction of sp³-hybridized carbons (Fsp3) is 0.273. The summed E-state index contributed by atoms with van der Waals surface area (Å²) in [7, 11) is 0. The van der Waals surface area contributed by atoms with Crippen molar-refractivity contribution in [2.45, 2.75) is 20.8 Å². The van der Waals surface area contributed by atoms with Gasteiger partial charge in [0.15, 0.2) is 5.82 Å². The van der Waals surface area contributed by atoms with E-state index in [0.29, 0.717) is 0 Å². The van der Waals surface area contributed by atoms with Gasteiger partial charge in [-0.1, -0.05) is 43.7 Å². The highest BCUT2D eigenvalue weighted by Crippen LogP contribution is 2.13.